The Morgan fingerprint density at radius 3 is 2.94 bits per heavy atom. The van der Waals surface area contributed by atoms with E-state index in [0.717, 1.165) is 11.3 Å². The predicted octanol–water partition coefficient (Wildman–Crippen LogP) is 0.900. The van der Waals surface area contributed by atoms with Gasteiger partial charge in [-0.3, -0.25) is 10.1 Å². The molecule has 16 heavy (non-hydrogen) atoms. The summed E-state index contributed by atoms with van der Waals surface area (Å²) < 4.78 is 4.64. The largest absolute Gasteiger partial charge is 0.481 e. The highest BCUT2D eigenvalue weighted by molar-refractivity contribution is 7.15. The van der Waals surface area contributed by atoms with Crippen LogP contribution in [0.5, 0.6) is 0 Å². The summed E-state index contributed by atoms with van der Waals surface area (Å²) in [6.07, 6.45) is 0.522. The van der Waals surface area contributed by atoms with E-state index in [0.29, 0.717) is 5.01 Å². The topological polar surface area (TPSA) is 101 Å². The third-order valence-electron chi connectivity index (χ3n) is 1.31. The molecule has 0 atom stereocenters. The summed E-state index contributed by atoms with van der Waals surface area (Å²) in [7, 11) is 0. The molecule has 0 aliphatic rings. The van der Waals surface area contributed by atoms with E-state index in [1.807, 2.05) is 0 Å². The molecule has 86 valence electrons. The van der Waals surface area contributed by atoms with Crippen molar-refractivity contribution < 1.29 is 19.4 Å². The summed E-state index contributed by atoms with van der Waals surface area (Å²) in [4.78, 5) is 21.4. The summed E-state index contributed by atoms with van der Waals surface area (Å²) in [5, 5.41) is 18.5. The quantitative estimate of drug-likeness (QED) is 0.745. The summed E-state index contributed by atoms with van der Waals surface area (Å²) in [6.45, 7) is 3.47. The molecular weight excluding hydrogens is 234 g/mol. The number of amides is 1. The molecular formula is C8H9N3O4S. The molecule has 1 rings (SSSR count). The second-order valence-electron chi connectivity index (χ2n) is 2.58. The van der Waals surface area contributed by atoms with E-state index in [1.165, 1.54) is 6.08 Å². The average molecular weight is 243 g/mol. The van der Waals surface area contributed by atoms with Crippen molar-refractivity contribution in [3.05, 3.63) is 17.7 Å². The number of anilines is 1. The van der Waals surface area contributed by atoms with Crippen molar-refractivity contribution in [1.29, 1.82) is 0 Å². The van der Waals surface area contributed by atoms with Gasteiger partial charge in [-0.2, -0.15) is 0 Å². The number of nitrogens with one attached hydrogen (secondary N) is 1. The van der Waals surface area contributed by atoms with Gasteiger partial charge in [0, 0.05) is 0 Å². The average Bonchev–Trinajstić information content (AvgIpc) is 2.61. The Hall–Kier alpha value is -1.96. The molecule has 1 heterocycles. The number of aliphatic carboxylic acids is 1. The van der Waals surface area contributed by atoms with E-state index in [4.69, 9.17) is 5.11 Å². The molecule has 0 radical (unpaired) electrons. The number of rotatable bonds is 5. The van der Waals surface area contributed by atoms with Gasteiger partial charge in [0.2, 0.25) is 5.13 Å². The molecule has 0 fully saturated rings. The zero-order valence-electron chi connectivity index (χ0n) is 8.17. The Bertz CT molecular complexity index is 404. The molecule has 0 spiro atoms. The van der Waals surface area contributed by atoms with E-state index in [-0.39, 0.29) is 18.2 Å². The van der Waals surface area contributed by atoms with Crippen LogP contribution < -0.4 is 5.32 Å². The van der Waals surface area contributed by atoms with Crippen molar-refractivity contribution in [3.63, 3.8) is 0 Å². The molecule has 8 heteroatoms. The maximum absolute atomic E-state index is 11.0. The van der Waals surface area contributed by atoms with Crippen LogP contribution in [0.3, 0.4) is 0 Å². The van der Waals surface area contributed by atoms with Gasteiger partial charge in [-0.05, 0) is 0 Å². The van der Waals surface area contributed by atoms with Crippen LogP contribution in [0, 0.1) is 0 Å². The van der Waals surface area contributed by atoms with Crippen LogP contribution >= 0.6 is 11.3 Å². The van der Waals surface area contributed by atoms with Crippen molar-refractivity contribution in [2.75, 3.05) is 11.9 Å². The first-order chi connectivity index (χ1) is 7.61. The minimum Gasteiger partial charge on any atom is -0.481 e. The fourth-order valence-corrected chi connectivity index (χ4v) is 1.48. The minimum absolute atomic E-state index is 0.0899. The summed E-state index contributed by atoms with van der Waals surface area (Å²) in [5.41, 5.74) is 0. The van der Waals surface area contributed by atoms with Crippen LogP contribution in [0.15, 0.2) is 12.7 Å². The number of hydrogen-bond acceptors (Lipinski definition) is 6. The van der Waals surface area contributed by atoms with Crippen LogP contribution in [0.4, 0.5) is 9.93 Å². The Kier molecular flexibility index (Phi) is 4.40. The summed E-state index contributed by atoms with van der Waals surface area (Å²) in [6, 6.07) is 0. The van der Waals surface area contributed by atoms with Crippen molar-refractivity contribution >= 4 is 28.5 Å². The first-order valence-electron chi connectivity index (χ1n) is 4.20. The van der Waals surface area contributed by atoms with Gasteiger partial charge in [-0.15, -0.1) is 10.2 Å². The molecule has 1 aromatic heterocycles. The van der Waals surface area contributed by atoms with Crippen molar-refractivity contribution in [2.24, 2.45) is 0 Å². The monoisotopic (exact) mass is 243 g/mol. The first kappa shape index (κ1) is 12.1. The maximum Gasteiger partial charge on any atom is 0.413 e. The molecule has 2 N–H and O–H groups in total. The molecule has 0 aliphatic heterocycles. The van der Waals surface area contributed by atoms with Crippen molar-refractivity contribution in [2.45, 2.75) is 6.42 Å². The van der Waals surface area contributed by atoms with Gasteiger partial charge in [0.15, 0.2) is 0 Å². The number of carbonyl (C=O) groups excluding carboxylic acids is 1. The summed E-state index contributed by atoms with van der Waals surface area (Å²) >= 11 is 0.982. The lowest BCUT2D eigenvalue weighted by Gasteiger charge is -1.99. The van der Waals surface area contributed by atoms with Gasteiger partial charge in [0.1, 0.15) is 11.6 Å². The van der Waals surface area contributed by atoms with E-state index in [1.54, 1.807) is 0 Å². The van der Waals surface area contributed by atoms with Gasteiger partial charge in [0.25, 0.3) is 0 Å². The zero-order valence-corrected chi connectivity index (χ0v) is 8.99. The predicted molar refractivity (Wildman–Crippen MR) is 56.4 cm³/mol. The van der Waals surface area contributed by atoms with E-state index in [2.05, 4.69) is 26.8 Å². The van der Waals surface area contributed by atoms with Gasteiger partial charge in [-0.25, -0.2) is 4.79 Å². The second kappa shape index (κ2) is 5.81. The molecule has 0 saturated carbocycles. The smallest absolute Gasteiger partial charge is 0.413 e. The number of nitrogens with zero attached hydrogens (tertiary/aromatic N) is 2. The molecule has 0 aromatic carbocycles. The Morgan fingerprint density at radius 2 is 2.31 bits per heavy atom. The molecule has 7 nitrogen and oxygen atoms in total. The van der Waals surface area contributed by atoms with Gasteiger partial charge < -0.3 is 9.84 Å². The molecule has 0 saturated heterocycles. The molecule has 0 bridgehead atoms. The number of ether oxygens (including phenoxy) is 1. The highest BCUT2D eigenvalue weighted by atomic mass is 32.1. The van der Waals surface area contributed by atoms with Crippen molar-refractivity contribution in [1.82, 2.24) is 10.2 Å². The van der Waals surface area contributed by atoms with Gasteiger partial charge in [0.05, 0.1) is 6.42 Å². The number of carboxylic acid groups (broad SMARTS) is 1. The lowest BCUT2D eigenvalue weighted by molar-refractivity contribution is -0.136. The van der Waals surface area contributed by atoms with Crippen LogP contribution in [-0.4, -0.2) is 34.0 Å². The highest BCUT2D eigenvalue weighted by Crippen LogP contribution is 2.15. The standard InChI is InChI=1S/C8H9N3O4S/c1-2-3-15-8(14)9-7-11-10-5(16-7)4-6(12)13/h2H,1,3-4H2,(H,12,13)(H,9,11,14). The van der Waals surface area contributed by atoms with Crippen LogP contribution in [0.1, 0.15) is 5.01 Å². The van der Waals surface area contributed by atoms with Crippen LogP contribution in [-0.2, 0) is 16.0 Å². The first-order valence-corrected chi connectivity index (χ1v) is 5.02. The summed E-state index contributed by atoms with van der Waals surface area (Å²) in [5.74, 6) is -1.00. The number of carbonyl (C=O) groups is 2. The number of carboxylic acids is 1. The number of hydrogen-bond donors (Lipinski definition) is 2. The van der Waals surface area contributed by atoms with E-state index < -0.39 is 12.1 Å². The third kappa shape index (κ3) is 4.05. The van der Waals surface area contributed by atoms with Gasteiger partial charge >= 0.3 is 12.1 Å². The SMILES string of the molecule is C=CCOC(=O)Nc1nnc(CC(=O)O)s1. The highest BCUT2D eigenvalue weighted by Gasteiger charge is 2.10. The fraction of sp³-hybridized carbons (Fsp3) is 0.250. The third-order valence-corrected chi connectivity index (χ3v) is 2.15. The molecule has 0 aliphatic carbocycles. The van der Waals surface area contributed by atoms with Gasteiger partial charge in [-0.1, -0.05) is 24.0 Å². The van der Waals surface area contributed by atoms with Crippen LogP contribution in [0.25, 0.3) is 0 Å². The molecule has 0 unspecified atom stereocenters. The Labute approximate surface area is 94.8 Å². The number of aromatic nitrogens is 2. The molecule has 1 amide bonds. The van der Waals surface area contributed by atoms with Crippen LogP contribution in [0.2, 0.25) is 0 Å². The van der Waals surface area contributed by atoms with E-state index in [9.17, 15) is 9.59 Å². The Balaban J connectivity index is 2.48. The fourth-order valence-electron chi connectivity index (χ4n) is 0.763. The normalized spacial score (nSPS) is 9.50. The van der Waals surface area contributed by atoms with E-state index >= 15 is 0 Å². The lowest BCUT2D eigenvalue weighted by atomic mass is 10.5. The minimum atomic E-state index is -1.00. The molecule has 1 aromatic rings. The second-order valence-corrected chi connectivity index (χ2v) is 3.65. The zero-order chi connectivity index (χ0) is 12.0. The Morgan fingerprint density at radius 1 is 1.56 bits per heavy atom. The lowest BCUT2D eigenvalue weighted by Crippen LogP contribution is -2.13. The maximum atomic E-state index is 11.0. The van der Waals surface area contributed by atoms with Crippen molar-refractivity contribution in [3.8, 4) is 0 Å².